The third-order valence-corrected chi connectivity index (χ3v) is 5.66. The highest BCUT2D eigenvalue weighted by molar-refractivity contribution is 5.98. The zero-order chi connectivity index (χ0) is 21.9. The minimum atomic E-state index is -0.0666. The van der Waals surface area contributed by atoms with Crippen LogP contribution in [0.1, 0.15) is 21.5 Å². The molecule has 4 aromatic rings. The molecule has 0 unspecified atom stereocenters. The first-order chi connectivity index (χ1) is 15.7. The monoisotopic (exact) mass is 428 g/mol. The van der Waals surface area contributed by atoms with Gasteiger partial charge in [0, 0.05) is 18.9 Å². The summed E-state index contributed by atoms with van der Waals surface area (Å²) in [6.07, 6.45) is 7.59. The predicted molar refractivity (Wildman–Crippen MR) is 119 cm³/mol. The smallest absolute Gasteiger partial charge is 0.256 e. The second kappa shape index (κ2) is 8.76. The van der Waals surface area contributed by atoms with Crippen LogP contribution in [0.4, 0.5) is 0 Å². The Hall–Kier alpha value is -3.78. The minimum absolute atomic E-state index is 0.0301. The van der Waals surface area contributed by atoms with Gasteiger partial charge in [-0.25, -0.2) is 4.68 Å². The fourth-order valence-electron chi connectivity index (χ4n) is 4.10. The van der Waals surface area contributed by atoms with E-state index in [1.165, 1.54) is 4.80 Å². The van der Waals surface area contributed by atoms with Crippen molar-refractivity contribution < 1.29 is 9.53 Å². The molecule has 2 aromatic heterocycles. The number of hydrogen-bond acceptors (Lipinski definition) is 5. The van der Waals surface area contributed by atoms with Gasteiger partial charge >= 0.3 is 0 Å². The Morgan fingerprint density at radius 2 is 1.94 bits per heavy atom. The fourth-order valence-corrected chi connectivity index (χ4v) is 4.10. The number of nitrogens with zero attached hydrogens (tertiary/aromatic N) is 6. The standard InChI is InChI=1S/C24H24N6O2/c1-18-6-7-23(30-26-9-10-27-30)22(14-18)24(31)28-12-13-32-17-21(28)16-19-4-2-5-20(15-19)29-11-3-8-25-29/h2-11,14-15,21H,12-13,16-17H2,1H3/t21-/m1/s1. The summed E-state index contributed by atoms with van der Waals surface area (Å²) in [6.45, 7) is 3.55. The lowest BCUT2D eigenvalue weighted by Gasteiger charge is -2.36. The summed E-state index contributed by atoms with van der Waals surface area (Å²) in [5.74, 6) is -0.0301. The maximum Gasteiger partial charge on any atom is 0.256 e. The normalized spacial score (nSPS) is 16.3. The van der Waals surface area contributed by atoms with Gasteiger partial charge in [-0.2, -0.15) is 20.1 Å². The predicted octanol–water partition coefficient (Wildman–Crippen LogP) is 2.85. The average molecular weight is 428 g/mol. The summed E-state index contributed by atoms with van der Waals surface area (Å²) in [6, 6.07) is 15.8. The number of aromatic nitrogens is 5. The summed E-state index contributed by atoms with van der Waals surface area (Å²) in [5, 5.41) is 12.8. The van der Waals surface area contributed by atoms with Crippen LogP contribution in [0, 0.1) is 6.92 Å². The van der Waals surface area contributed by atoms with Crippen molar-refractivity contribution in [3.8, 4) is 11.4 Å². The maximum absolute atomic E-state index is 13.7. The zero-order valence-corrected chi connectivity index (χ0v) is 17.8. The Morgan fingerprint density at radius 1 is 1.06 bits per heavy atom. The van der Waals surface area contributed by atoms with Gasteiger partial charge in [0.1, 0.15) is 0 Å². The molecular weight excluding hydrogens is 404 g/mol. The van der Waals surface area contributed by atoms with E-state index in [4.69, 9.17) is 4.74 Å². The van der Waals surface area contributed by atoms with Gasteiger partial charge in [0.05, 0.1) is 48.6 Å². The van der Waals surface area contributed by atoms with Crippen molar-refractivity contribution in [3.05, 3.63) is 90.0 Å². The van der Waals surface area contributed by atoms with E-state index in [1.54, 1.807) is 18.6 Å². The van der Waals surface area contributed by atoms with Crippen molar-refractivity contribution in [2.75, 3.05) is 19.8 Å². The number of ether oxygens (including phenoxy) is 1. The highest BCUT2D eigenvalue weighted by Crippen LogP contribution is 2.22. The van der Waals surface area contributed by atoms with Crippen LogP contribution in [0.2, 0.25) is 0 Å². The lowest BCUT2D eigenvalue weighted by Crippen LogP contribution is -2.50. The van der Waals surface area contributed by atoms with E-state index in [0.717, 1.165) is 16.8 Å². The molecule has 0 aliphatic carbocycles. The molecule has 0 radical (unpaired) electrons. The number of carbonyl (C=O) groups excluding carboxylic acids is 1. The number of morpholine rings is 1. The first-order valence-electron chi connectivity index (χ1n) is 10.6. The van der Waals surface area contributed by atoms with E-state index >= 15 is 0 Å². The SMILES string of the molecule is Cc1ccc(-n2nccn2)c(C(=O)N2CCOC[C@H]2Cc2cccc(-n3cccn3)c2)c1. The highest BCUT2D eigenvalue weighted by Gasteiger charge is 2.30. The zero-order valence-electron chi connectivity index (χ0n) is 17.8. The van der Waals surface area contributed by atoms with Crippen LogP contribution in [0.3, 0.4) is 0 Å². The van der Waals surface area contributed by atoms with Crippen molar-refractivity contribution in [3.63, 3.8) is 0 Å². The molecule has 1 amide bonds. The Bertz CT molecular complexity index is 1200. The largest absolute Gasteiger partial charge is 0.377 e. The Labute approximate surface area is 186 Å². The van der Waals surface area contributed by atoms with Crippen LogP contribution in [0.25, 0.3) is 11.4 Å². The van der Waals surface area contributed by atoms with E-state index in [-0.39, 0.29) is 11.9 Å². The second-order valence-corrected chi connectivity index (χ2v) is 7.89. The third-order valence-electron chi connectivity index (χ3n) is 5.66. The Balaban J connectivity index is 1.43. The van der Waals surface area contributed by atoms with Gasteiger partial charge in [0.15, 0.2) is 0 Å². The Kier molecular flexibility index (Phi) is 5.51. The number of aryl methyl sites for hydroxylation is 1. The number of hydrogen-bond donors (Lipinski definition) is 0. The number of carbonyl (C=O) groups is 1. The molecule has 0 N–H and O–H groups in total. The molecule has 0 spiro atoms. The van der Waals surface area contributed by atoms with Gasteiger partial charge in [-0.3, -0.25) is 4.79 Å². The van der Waals surface area contributed by atoms with Crippen LogP contribution in [-0.2, 0) is 11.2 Å². The van der Waals surface area contributed by atoms with Gasteiger partial charge in [0.25, 0.3) is 5.91 Å². The summed E-state index contributed by atoms with van der Waals surface area (Å²) in [5.41, 5.74) is 4.41. The molecule has 1 saturated heterocycles. The number of benzene rings is 2. The minimum Gasteiger partial charge on any atom is -0.377 e. The topological polar surface area (TPSA) is 78.1 Å². The molecule has 0 saturated carbocycles. The van der Waals surface area contributed by atoms with Crippen molar-refractivity contribution in [2.24, 2.45) is 0 Å². The van der Waals surface area contributed by atoms with Crippen LogP contribution < -0.4 is 0 Å². The van der Waals surface area contributed by atoms with Crippen LogP contribution in [-0.4, -0.2) is 61.4 Å². The Morgan fingerprint density at radius 3 is 2.75 bits per heavy atom. The van der Waals surface area contributed by atoms with Crippen molar-refractivity contribution in [1.29, 1.82) is 0 Å². The molecule has 0 bridgehead atoms. The lowest BCUT2D eigenvalue weighted by atomic mass is 10.0. The molecule has 8 nitrogen and oxygen atoms in total. The number of amides is 1. The van der Waals surface area contributed by atoms with Gasteiger partial charge in [-0.1, -0.05) is 23.8 Å². The first kappa shape index (κ1) is 20.1. The van der Waals surface area contributed by atoms with E-state index in [1.807, 2.05) is 59.1 Å². The summed E-state index contributed by atoms with van der Waals surface area (Å²) >= 11 is 0. The van der Waals surface area contributed by atoms with E-state index in [0.29, 0.717) is 37.4 Å². The van der Waals surface area contributed by atoms with Crippen LogP contribution in [0.5, 0.6) is 0 Å². The van der Waals surface area contributed by atoms with E-state index < -0.39 is 0 Å². The summed E-state index contributed by atoms with van der Waals surface area (Å²) in [4.78, 5) is 17.1. The summed E-state index contributed by atoms with van der Waals surface area (Å²) in [7, 11) is 0. The van der Waals surface area contributed by atoms with Crippen LogP contribution >= 0.6 is 0 Å². The highest BCUT2D eigenvalue weighted by atomic mass is 16.5. The van der Waals surface area contributed by atoms with Gasteiger partial charge in [-0.05, 0) is 49.2 Å². The van der Waals surface area contributed by atoms with Gasteiger partial charge in [-0.15, -0.1) is 0 Å². The van der Waals surface area contributed by atoms with Crippen molar-refractivity contribution in [2.45, 2.75) is 19.4 Å². The third kappa shape index (κ3) is 4.04. The average Bonchev–Trinajstić information content (AvgIpc) is 3.54. The molecule has 1 fully saturated rings. The van der Waals surface area contributed by atoms with E-state index in [2.05, 4.69) is 27.4 Å². The van der Waals surface area contributed by atoms with Gasteiger partial charge in [0.2, 0.25) is 0 Å². The second-order valence-electron chi connectivity index (χ2n) is 7.89. The van der Waals surface area contributed by atoms with E-state index in [9.17, 15) is 4.79 Å². The molecular formula is C24H24N6O2. The molecule has 1 atom stereocenters. The number of rotatable bonds is 5. The molecule has 5 rings (SSSR count). The van der Waals surface area contributed by atoms with Crippen LogP contribution in [0.15, 0.2) is 73.3 Å². The first-order valence-corrected chi connectivity index (χ1v) is 10.6. The maximum atomic E-state index is 13.7. The van der Waals surface area contributed by atoms with Crippen molar-refractivity contribution >= 4 is 5.91 Å². The van der Waals surface area contributed by atoms with Gasteiger partial charge < -0.3 is 9.64 Å². The molecule has 2 aromatic carbocycles. The molecule has 162 valence electrons. The van der Waals surface area contributed by atoms with Crippen molar-refractivity contribution in [1.82, 2.24) is 29.7 Å². The molecule has 3 heterocycles. The molecule has 8 heteroatoms. The fraction of sp³-hybridized carbons (Fsp3) is 0.250. The molecule has 1 aliphatic rings. The summed E-state index contributed by atoms with van der Waals surface area (Å²) < 4.78 is 7.59. The quantitative estimate of drug-likeness (QED) is 0.489. The molecule has 32 heavy (non-hydrogen) atoms. The molecule has 1 aliphatic heterocycles. The lowest BCUT2D eigenvalue weighted by molar-refractivity contribution is -0.00165.